The molecule has 1 aliphatic carbocycles. The third-order valence-corrected chi connectivity index (χ3v) is 7.30. The summed E-state index contributed by atoms with van der Waals surface area (Å²) in [7, 11) is 0. The van der Waals surface area contributed by atoms with Crippen molar-refractivity contribution in [1.29, 1.82) is 0 Å². The van der Waals surface area contributed by atoms with Gasteiger partial charge < -0.3 is 20.9 Å². The number of nitrogens with zero attached hydrogens (tertiary/aromatic N) is 1. The van der Waals surface area contributed by atoms with Gasteiger partial charge in [0.25, 0.3) is 5.91 Å². The van der Waals surface area contributed by atoms with Gasteiger partial charge >= 0.3 is 6.03 Å². The van der Waals surface area contributed by atoms with Gasteiger partial charge in [-0.2, -0.15) is 0 Å². The van der Waals surface area contributed by atoms with E-state index in [4.69, 9.17) is 0 Å². The van der Waals surface area contributed by atoms with Crippen LogP contribution in [0.5, 0.6) is 0 Å². The van der Waals surface area contributed by atoms with Gasteiger partial charge in [-0.1, -0.05) is 54.1 Å². The van der Waals surface area contributed by atoms with Crippen LogP contribution in [0, 0.1) is 6.92 Å². The van der Waals surface area contributed by atoms with E-state index in [1.165, 1.54) is 11.1 Å². The van der Waals surface area contributed by atoms with E-state index in [-0.39, 0.29) is 24.0 Å². The molecule has 186 valence electrons. The van der Waals surface area contributed by atoms with Gasteiger partial charge in [-0.25, -0.2) is 4.79 Å². The molecule has 1 unspecified atom stereocenters. The van der Waals surface area contributed by atoms with Crippen LogP contribution in [-0.4, -0.2) is 31.1 Å². The molecule has 6 heteroatoms. The zero-order chi connectivity index (χ0) is 24.9. The Morgan fingerprint density at radius 3 is 2.36 bits per heavy atom. The monoisotopic (exact) mass is 482 g/mol. The number of hydrogen-bond acceptors (Lipinski definition) is 3. The van der Waals surface area contributed by atoms with E-state index < -0.39 is 0 Å². The number of benzene rings is 3. The summed E-state index contributed by atoms with van der Waals surface area (Å²) in [5.74, 6) is -0.0231. The molecule has 5 rings (SSSR count). The summed E-state index contributed by atoms with van der Waals surface area (Å²) in [6.45, 7) is 3.59. The van der Waals surface area contributed by atoms with Crippen molar-refractivity contribution in [2.45, 2.75) is 51.1 Å². The van der Waals surface area contributed by atoms with E-state index in [9.17, 15) is 9.59 Å². The summed E-state index contributed by atoms with van der Waals surface area (Å²) in [4.78, 5) is 28.1. The van der Waals surface area contributed by atoms with Crippen LogP contribution in [0.2, 0.25) is 0 Å². The number of nitrogens with one attached hydrogen (secondary N) is 3. The summed E-state index contributed by atoms with van der Waals surface area (Å²) in [6.07, 6.45) is 4.78. The normalized spacial score (nSPS) is 17.7. The number of fused-ring (bicyclic) bond motifs is 1. The molecule has 1 atom stereocenters. The average Bonchev–Trinajstić information content (AvgIpc) is 2.91. The lowest BCUT2D eigenvalue weighted by Crippen LogP contribution is -2.46. The highest BCUT2D eigenvalue weighted by atomic mass is 16.2. The maximum absolute atomic E-state index is 13.4. The minimum atomic E-state index is -0.176. The summed E-state index contributed by atoms with van der Waals surface area (Å²) >= 11 is 0. The first-order chi connectivity index (χ1) is 17.6. The average molecular weight is 483 g/mol. The number of urea groups is 1. The lowest BCUT2D eigenvalue weighted by Gasteiger charge is -2.35. The highest BCUT2D eigenvalue weighted by Crippen LogP contribution is 2.31. The van der Waals surface area contributed by atoms with Gasteiger partial charge in [0, 0.05) is 30.5 Å². The molecule has 0 aromatic heterocycles. The molecule has 0 saturated carbocycles. The highest BCUT2D eigenvalue weighted by Gasteiger charge is 2.26. The number of rotatable bonds is 5. The molecule has 6 nitrogen and oxygen atoms in total. The third-order valence-electron chi connectivity index (χ3n) is 7.30. The van der Waals surface area contributed by atoms with E-state index >= 15 is 0 Å². The van der Waals surface area contributed by atoms with Crippen molar-refractivity contribution in [1.82, 2.24) is 10.6 Å². The Kier molecular flexibility index (Phi) is 7.21. The summed E-state index contributed by atoms with van der Waals surface area (Å²) in [5.41, 5.74) is 6.20. The van der Waals surface area contributed by atoms with Gasteiger partial charge in [0.05, 0.1) is 11.6 Å². The van der Waals surface area contributed by atoms with E-state index in [0.29, 0.717) is 5.56 Å². The van der Waals surface area contributed by atoms with Crippen molar-refractivity contribution >= 4 is 23.3 Å². The zero-order valence-corrected chi connectivity index (χ0v) is 20.8. The van der Waals surface area contributed by atoms with Crippen LogP contribution in [0.1, 0.15) is 58.8 Å². The van der Waals surface area contributed by atoms with Gasteiger partial charge in [0.1, 0.15) is 0 Å². The highest BCUT2D eigenvalue weighted by molar-refractivity contribution is 6.00. The maximum atomic E-state index is 13.4. The Labute approximate surface area is 213 Å². The van der Waals surface area contributed by atoms with Crippen molar-refractivity contribution in [3.63, 3.8) is 0 Å². The Balaban J connectivity index is 1.19. The topological polar surface area (TPSA) is 73.5 Å². The van der Waals surface area contributed by atoms with Gasteiger partial charge in [-0.3, -0.25) is 4.79 Å². The number of amides is 3. The molecule has 3 aromatic carbocycles. The van der Waals surface area contributed by atoms with E-state index in [1.807, 2.05) is 55.5 Å². The number of hydrogen-bond donors (Lipinski definition) is 3. The van der Waals surface area contributed by atoms with Crippen LogP contribution >= 0.6 is 0 Å². The molecular weight excluding hydrogens is 448 g/mol. The largest absolute Gasteiger partial charge is 0.371 e. The lowest BCUT2D eigenvalue weighted by atomic mass is 9.87. The predicted molar refractivity (Wildman–Crippen MR) is 145 cm³/mol. The van der Waals surface area contributed by atoms with Crippen molar-refractivity contribution in [3.05, 3.63) is 95.1 Å². The second-order valence-electron chi connectivity index (χ2n) is 9.86. The van der Waals surface area contributed by atoms with E-state index in [1.54, 1.807) is 0 Å². The van der Waals surface area contributed by atoms with Crippen molar-refractivity contribution in [2.24, 2.45) is 0 Å². The number of anilines is 2. The van der Waals surface area contributed by atoms with Crippen molar-refractivity contribution in [2.75, 3.05) is 23.3 Å². The SMILES string of the molecule is Cc1ccc(NC(=O)NC2CCN(c3ccccc3C(=O)NC3CCCc4ccccc43)CC2)cc1. The first-order valence-corrected chi connectivity index (χ1v) is 12.9. The van der Waals surface area contributed by atoms with Gasteiger partial charge in [-0.05, 0) is 74.4 Å². The molecule has 1 fully saturated rings. The second-order valence-corrected chi connectivity index (χ2v) is 9.86. The minimum Gasteiger partial charge on any atom is -0.371 e. The number of para-hydroxylation sites is 1. The molecule has 3 aromatic rings. The summed E-state index contributed by atoms with van der Waals surface area (Å²) < 4.78 is 0. The van der Waals surface area contributed by atoms with Crippen molar-refractivity contribution < 1.29 is 9.59 Å². The number of carbonyl (C=O) groups excluding carboxylic acids is 2. The van der Waals surface area contributed by atoms with Crippen molar-refractivity contribution in [3.8, 4) is 0 Å². The number of carbonyl (C=O) groups is 2. The zero-order valence-electron chi connectivity index (χ0n) is 20.8. The molecule has 3 N–H and O–H groups in total. The Morgan fingerprint density at radius 1 is 0.833 bits per heavy atom. The number of aryl methyl sites for hydroxylation is 2. The van der Waals surface area contributed by atoms with Gasteiger partial charge in [0.2, 0.25) is 0 Å². The quantitative estimate of drug-likeness (QED) is 0.444. The molecule has 1 saturated heterocycles. The Bertz CT molecular complexity index is 1220. The maximum Gasteiger partial charge on any atom is 0.319 e. The van der Waals surface area contributed by atoms with E-state index in [0.717, 1.165) is 62.1 Å². The summed E-state index contributed by atoms with van der Waals surface area (Å²) in [6, 6.07) is 24.0. The smallest absolute Gasteiger partial charge is 0.319 e. The van der Waals surface area contributed by atoms with E-state index in [2.05, 4.69) is 45.1 Å². The molecule has 36 heavy (non-hydrogen) atoms. The lowest BCUT2D eigenvalue weighted by molar-refractivity contribution is 0.0933. The Hall–Kier alpha value is -3.80. The number of piperidine rings is 1. The van der Waals surface area contributed by atoms with Crippen LogP contribution in [0.4, 0.5) is 16.2 Å². The third kappa shape index (κ3) is 5.54. The second kappa shape index (κ2) is 10.9. The van der Waals surface area contributed by atoms with Crippen LogP contribution < -0.4 is 20.9 Å². The molecule has 2 aliphatic rings. The molecular formula is C30H34N4O2. The minimum absolute atomic E-state index is 0.0231. The van der Waals surface area contributed by atoms with Gasteiger partial charge in [0.15, 0.2) is 0 Å². The Morgan fingerprint density at radius 2 is 1.56 bits per heavy atom. The summed E-state index contributed by atoms with van der Waals surface area (Å²) in [5, 5.41) is 9.31. The van der Waals surface area contributed by atoms with Gasteiger partial charge in [-0.15, -0.1) is 0 Å². The fourth-order valence-electron chi connectivity index (χ4n) is 5.34. The van der Waals surface area contributed by atoms with Crippen LogP contribution in [-0.2, 0) is 6.42 Å². The standard InChI is InChI=1S/C30H34N4O2/c1-21-13-15-23(16-14-21)31-30(36)32-24-17-19-34(20-18-24)28-12-5-4-10-26(28)29(35)33-27-11-6-8-22-7-2-3-9-25(22)27/h2-5,7,9-10,12-16,24,27H,6,8,11,17-20H2,1H3,(H,33,35)(H2,31,32,36). The predicted octanol–water partition coefficient (Wildman–Crippen LogP) is 5.59. The van der Waals surface area contributed by atoms with Crippen LogP contribution in [0.3, 0.4) is 0 Å². The molecule has 1 aliphatic heterocycles. The molecule has 0 spiro atoms. The first kappa shape index (κ1) is 23.9. The molecule has 0 radical (unpaired) electrons. The first-order valence-electron chi connectivity index (χ1n) is 12.9. The fraction of sp³-hybridized carbons (Fsp3) is 0.333. The van der Waals surface area contributed by atoms with Crippen LogP contribution in [0.15, 0.2) is 72.8 Å². The molecule has 1 heterocycles. The molecule has 3 amide bonds. The fourth-order valence-corrected chi connectivity index (χ4v) is 5.34. The molecule has 0 bridgehead atoms. The van der Waals surface area contributed by atoms with Crippen LogP contribution in [0.25, 0.3) is 0 Å².